The zero-order chi connectivity index (χ0) is 13.0. The third-order valence-electron chi connectivity index (χ3n) is 3.15. The number of amides is 1. The van der Waals surface area contributed by atoms with E-state index < -0.39 is 6.10 Å². The predicted molar refractivity (Wildman–Crippen MR) is 67.4 cm³/mol. The van der Waals surface area contributed by atoms with Crippen molar-refractivity contribution in [2.24, 2.45) is 0 Å². The Balaban J connectivity index is 1.84. The summed E-state index contributed by atoms with van der Waals surface area (Å²) in [5, 5.41) is 12.7. The second-order valence-corrected chi connectivity index (χ2v) is 4.40. The van der Waals surface area contributed by atoms with Gasteiger partial charge in [0.15, 0.2) is 6.61 Å². The van der Waals surface area contributed by atoms with Gasteiger partial charge in [-0.25, -0.2) is 0 Å². The lowest BCUT2D eigenvalue weighted by Crippen LogP contribution is -2.46. The zero-order valence-corrected chi connectivity index (χ0v) is 10.4. The van der Waals surface area contributed by atoms with Gasteiger partial charge in [-0.1, -0.05) is 18.2 Å². The van der Waals surface area contributed by atoms with Crippen LogP contribution in [0.4, 0.5) is 0 Å². The van der Waals surface area contributed by atoms with Crippen LogP contribution in [-0.4, -0.2) is 54.8 Å². The summed E-state index contributed by atoms with van der Waals surface area (Å²) in [6.45, 7) is 1.14. The van der Waals surface area contributed by atoms with E-state index in [1.807, 2.05) is 18.2 Å². The average Bonchev–Trinajstić information content (AvgIpc) is 2.82. The SMILES string of the molecule is CN(C(=O)COc1ccccc1)[C@@H]1CNC[C@H]1O. The van der Waals surface area contributed by atoms with Crippen LogP contribution in [0.2, 0.25) is 0 Å². The molecule has 1 fully saturated rings. The molecule has 1 aliphatic rings. The van der Waals surface area contributed by atoms with Gasteiger partial charge >= 0.3 is 0 Å². The Bertz CT molecular complexity index is 396. The molecule has 1 saturated heterocycles. The molecule has 0 aromatic heterocycles. The summed E-state index contributed by atoms with van der Waals surface area (Å²) in [6.07, 6.45) is -0.504. The number of benzene rings is 1. The van der Waals surface area contributed by atoms with E-state index in [4.69, 9.17) is 4.74 Å². The summed E-state index contributed by atoms with van der Waals surface area (Å²) < 4.78 is 5.39. The quantitative estimate of drug-likeness (QED) is 0.780. The number of aliphatic hydroxyl groups excluding tert-OH is 1. The van der Waals surface area contributed by atoms with Crippen molar-refractivity contribution in [1.82, 2.24) is 10.2 Å². The number of hydrogen-bond acceptors (Lipinski definition) is 4. The molecule has 1 aromatic carbocycles. The van der Waals surface area contributed by atoms with Crippen molar-refractivity contribution in [1.29, 1.82) is 0 Å². The molecule has 2 N–H and O–H groups in total. The van der Waals surface area contributed by atoms with E-state index in [1.165, 1.54) is 0 Å². The highest BCUT2D eigenvalue weighted by Gasteiger charge is 2.31. The largest absolute Gasteiger partial charge is 0.484 e. The molecule has 0 saturated carbocycles. The topological polar surface area (TPSA) is 61.8 Å². The van der Waals surface area contributed by atoms with E-state index in [-0.39, 0.29) is 18.6 Å². The third-order valence-corrected chi connectivity index (χ3v) is 3.15. The monoisotopic (exact) mass is 250 g/mol. The number of aliphatic hydroxyl groups is 1. The lowest BCUT2D eigenvalue weighted by Gasteiger charge is -2.26. The van der Waals surface area contributed by atoms with E-state index >= 15 is 0 Å². The van der Waals surface area contributed by atoms with E-state index in [9.17, 15) is 9.90 Å². The molecule has 0 radical (unpaired) electrons. The number of rotatable bonds is 4. The molecule has 0 unspecified atom stereocenters. The number of β-amino-alcohol motifs (C(OH)–C–C–N with tert-alkyl or cyclic N) is 1. The van der Waals surface area contributed by atoms with Crippen LogP contribution in [0, 0.1) is 0 Å². The van der Waals surface area contributed by atoms with Gasteiger partial charge in [-0.15, -0.1) is 0 Å². The highest BCUT2D eigenvalue weighted by Crippen LogP contribution is 2.10. The zero-order valence-electron chi connectivity index (χ0n) is 10.4. The molecule has 1 aromatic rings. The summed E-state index contributed by atoms with van der Waals surface area (Å²) in [5.41, 5.74) is 0. The van der Waals surface area contributed by atoms with Gasteiger partial charge < -0.3 is 20.1 Å². The first-order chi connectivity index (χ1) is 8.68. The smallest absolute Gasteiger partial charge is 0.260 e. The van der Waals surface area contributed by atoms with Crippen LogP contribution in [0.25, 0.3) is 0 Å². The lowest BCUT2D eigenvalue weighted by atomic mass is 10.2. The third kappa shape index (κ3) is 3.00. The molecule has 5 heteroatoms. The van der Waals surface area contributed by atoms with Crippen LogP contribution in [0.1, 0.15) is 0 Å². The van der Waals surface area contributed by atoms with Crippen molar-refractivity contribution >= 4 is 5.91 Å². The molecule has 2 atom stereocenters. The second kappa shape index (κ2) is 5.84. The minimum atomic E-state index is -0.504. The summed E-state index contributed by atoms with van der Waals surface area (Å²) in [4.78, 5) is 13.5. The molecule has 2 rings (SSSR count). The number of ether oxygens (including phenoxy) is 1. The van der Waals surface area contributed by atoms with Gasteiger partial charge in [0, 0.05) is 20.1 Å². The van der Waals surface area contributed by atoms with Crippen molar-refractivity contribution in [2.75, 3.05) is 26.7 Å². The molecule has 1 heterocycles. The Labute approximate surface area is 106 Å². The summed E-state index contributed by atoms with van der Waals surface area (Å²) in [5.74, 6) is 0.538. The molecule has 0 spiro atoms. The van der Waals surface area contributed by atoms with E-state index in [2.05, 4.69) is 5.32 Å². The lowest BCUT2D eigenvalue weighted by molar-refractivity contribution is -0.135. The van der Waals surface area contributed by atoms with Gasteiger partial charge in [-0.05, 0) is 12.1 Å². The van der Waals surface area contributed by atoms with Crippen LogP contribution in [0.5, 0.6) is 5.75 Å². The molecule has 5 nitrogen and oxygen atoms in total. The minimum Gasteiger partial charge on any atom is -0.484 e. The Kier molecular flexibility index (Phi) is 4.17. The maximum absolute atomic E-state index is 11.9. The predicted octanol–water partition coefficient (Wildman–Crippen LogP) is -0.144. The van der Waals surface area contributed by atoms with Crippen LogP contribution < -0.4 is 10.1 Å². The van der Waals surface area contributed by atoms with Crippen molar-refractivity contribution in [3.8, 4) is 5.75 Å². The van der Waals surface area contributed by atoms with Gasteiger partial charge in [0.1, 0.15) is 5.75 Å². The molecule has 0 aliphatic carbocycles. The normalized spacial score (nSPS) is 22.8. The number of nitrogens with one attached hydrogen (secondary N) is 1. The van der Waals surface area contributed by atoms with E-state index in [0.29, 0.717) is 18.8 Å². The van der Waals surface area contributed by atoms with Gasteiger partial charge in [-0.3, -0.25) is 4.79 Å². The van der Waals surface area contributed by atoms with Crippen molar-refractivity contribution in [3.63, 3.8) is 0 Å². The van der Waals surface area contributed by atoms with Crippen molar-refractivity contribution < 1.29 is 14.6 Å². The maximum atomic E-state index is 11.9. The fourth-order valence-electron chi connectivity index (χ4n) is 1.99. The number of para-hydroxylation sites is 1. The highest BCUT2D eigenvalue weighted by atomic mass is 16.5. The van der Waals surface area contributed by atoms with E-state index in [0.717, 1.165) is 0 Å². The van der Waals surface area contributed by atoms with Gasteiger partial charge in [0.2, 0.25) is 0 Å². The van der Waals surface area contributed by atoms with Crippen LogP contribution in [0.3, 0.4) is 0 Å². The Morgan fingerprint density at radius 1 is 1.44 bits per heavy atom. The van der Waals surface area contributed by atoms with Crippen LogP contribution >= 0.6 is 0 Å². The minimum absolute atomic E-state index is 0.0102. The van der Waals surface area contributed by atoms with Crippen molar-refractivity contribution in [3.05, 3.63) is 30.3 Å². The van der Waals surface area contributed by atoms with Gasteiger partial charge in [0.25, 0.3) is 5.91 Å². The maximum Gasteiger partial charge on any atom is 0.260 e. The first-order valence-electron chi connectivity index (χ1n) is 6.01. The number of nitrogens with zero attached hydrogens (tertiary/aromatic N) is 1. The second-order valence-electron chi connectivity index (χ2n) is 4.40. The van der Waals surface area contributed by atoms with Gasteiger partial charge in [-0.2, -0.15) is 0 Å². The summed E-state index contributed by atoms with van der Waals surface area (Å²) in [6, 6.07) is 9.04. The van der Waals surface area contributed by atoms with Crippen LogP contribution in [0.15, 0.2) is 30.3 Å². The Hall–Kier alpha value is -1.59. The number of carbonyl (C=O) groups is 1. The first kappa shape index (κ1) is 12.9. The standard InChI is InChI=1S/C13H18N2O3/c1-15(11-7-14-8-12(11)16)13(17)9-18-10-5-3-2-4-6-10/h2-6,11-12,14,16H,7-9H2,1H3/t11-,12-/m1/s1. The van der Waals surface area contributed by atoms with Crippen LogP contribution in [-0.2, 0) is 4.79 Å². The fourth-order valence-corrected chi connectivity index (χ4v) is 1.99. The molecule has 98 valence electrons. The molecular weight excluding hydrogens is 232 g/mol. The van der Waals surface area contributed by atoms with Crippen molar-refractivity contribution in [2.45, 2.75) is 12.1 Å². The average molecular weight is 250 g/mol. The molecule has 1 amide bonds. The summed E-state index contributed by atoms with van der Waals surface area (Å²) in [7, 11) is 1.69. The highest BCUT2D eigenvalue weighted by molar-refractivity contribution is 5.78. The number of carbonyl (C=O) groups excluding carboxylic acids is 1. The Morgan fingerprint density at radius 2 is 2.17 bits per heavy atom. The summed E-state index contributed by atoms with van der Waals surface area (Å²) >= 11 is 0. The Morgan fingerprint density at radius 3 is 2.78 bits per heavy atom. The molecule has 0 bridgehead atoms. The molecule has 18 heavy (non-hydrogen) atoms. The van der Waals surface area contributed by atoms with E-state index in [1.54, 1.807) is 24.1 Å². The molecular formula is C13H18N2O3. The number of hydrogen-bond donors (Lipinski definition) is 2. The molecule has 1 aliphatic heterocycles. The van der Waals surface area contributed by atoms with Gasteiger partial charge in [0.05, 0.1) is 12.1 Å². The first-order valence-corrected chi connectivity index (χ1v) is 6.01. The number of likely N-dealkylation sites (N-methyl/N-ethyl adjacent to an activating group) is 1. The fraction of sp³-hybridized carbons (Fsp3) is 0.462.